The molecule has 1 amide bonds. The number of fused-ring (bicyclic) bond motifs is 2. The molecule has 0 aliphatic carbocycles. The first-order chi connectivity index (χ1) is 10.2. The Bertz CT molecular complexity index is 489. The van der Waals surface area contributed by atoms with E-state index in [9.17, 15) is 9.59 Å². The van der Waals surface area contributed by atoms with Crippen molar-refractivity contribution in [2.24, 2.45) is 5.41 Å². The Morgan fingerprint density at radius 2 is 1.82 bits per heavy atom. The van der Waals surface area contributed by atoms with Crippen LogP contribution in [-0.4, -0.2) is 41.8 Å². The Balaban J connectivity index is 2.19. The first-order valence-electron chi connectivity index (χ1n) is 7.69. The first kappa shape index (κ1) is 16.6. The van der Waals surface area contributed by atoms with E-state index in [0.29, 0.717) is 12.8 Å². The van der Waals surface area contributed by atoms with Crippen molar-refractivity contribution < 1.29 is 19.1 Å². The fourth-order valence-electron chi connectivity index (χ4n) is 3.71. The van der Waals surface area contributed by atoms with Gasteiger partial charge in [0.05, 0.1) is 25.0 Å². The maximum atomic E-state index is 12.4. The van der Waals surface area contributed by atoms with Crippen molar-refractivity contribution in [3.63, 3.8) is 0 Å². The lowest BCUT2D eigenvalue weighted by Gasteiger charge is -2.44. The number of carbonyl (C=O) groups is 2. The van der Waals surface area contributed by atoms with E-state index in [0.717, 1.165) is 12.8 Å². The number of carbonyl (C=O) groups excluding carboxylic acids is 2. The fraction of sp³-hybridized carbons (Fsp3) is 0.812. The molecule has 2 heterocycles. The second kappa shape index (κ2) is 5.79. The van der Waals surface area contributed by atoms with E-state index in [1.54, 1.807) is 4.90 Å². The molecule has 0 saturated carbocycles. The molecule has 0 spiro atoms. The van der Waals surface area contributed by atoms with Crippen LogP contribution in [0.4, 0.5) is 4.79 Å². The van der Waals surface area contributed by atoms with Crippen molar-refractivity contribution in [3.8, 4) is 6.07 Å². The summed E-state index contributed by atoms with van der Waals surface area (Å²) in [5.74, 6) is -0.338. The largest absolute Gasteiger partial charge is 0.469 e. The summed E-state index contributed by atoms with van der Waals surface area (Å²) in [6.45, 7) is 5.52. The number of piperidine rings is 1. The zero-order valence-electron chi connectivity index (χ0n) is 13.7. The Morgan fingerprint density at radius 1 is 1.27 bits per heavy atom. The molecule has 6 heteroatoms. The van der Waals surface area contributed by atoms with Gasteiger partial charge in [0.1, 0.15) is 5.60 Å². The molecule has 2 aliphatic heterocycles. The number of hydrogen-bond donors (Lipinski definition) is 0. The number of ether oxygens (including phenoxy) is 2. The van der Waals surface area contributed by atoms with Crippen molar-refractivity contribution in [2.45, 2.75) is 70.6 Å². The summed E-state index contributed by atoms with van der Waals surface area (Å²) in [5, 5.41) is 9.09. The molecule has 1 unspecified atom stereocenters. The summed E-state index contributed by atoms with van der Waals surface area (Å²) in [5.41, 5.74) is -1.33. The van der Waals surface area contributed by atoms with Crippen molar-refractivity contribution in [2.75, 3.05) is 7.11 Å². The van der Waals surface area contributed by atoms with Crippen LogP contribution in [0.2, 0.25) is 0 Å². The molecule has 0 aromatic heterocycles. The van der Waals surface area contributed by atoms with E-state index in [1.807, 2.05) is 20.8 Å². The lowest BCUT2D eigenvalue weighted by molar-refractivity contribution is -0.157. The van der Waals surface area contributed by atoms with Gasteiger partial charge in [-0.2, -0.15) is 5.26 Å². The van der Waals surface area contributed by atoms with E-state index in [1.165, 1.54) is 7.11 Å². The molecule has 0 aromatic carbocycles. The summed E-state index contributed by atoms with van der Waals surface area (Å²) in [7, 11) is 1.35. The highest BCUT2D eigenvalue weighted by molar-refractivity contribution is 5.78. The molecule has 2 bridgehead atoms. The average molecular weight is 308 g/mol. The Kier molecular flexibility index (Phi) is 4.37. The van der Waals surface area contributed by atoms with E-state index in [2.05, 4.69) is 6.07 Å². The lowest BCUT2D eigenvalue weighted by atomic mass is 9.73. The number of nitrogens with zero attached hydrogens (tertiary/aromatic N) is 2. The second-order valence-corrected chi connectivity index (χ2v) is 7.29. The molecule has 3 atom stereocenters. The lowest BCUT2D eigenvalue weighted by Crippen LogP contribution is -2.54. The third kappa shape index (κ3) is 3.03. The number of hydrogen-bond acceptors (Lipinski definition) is 5. The number of rotatable bonds is 2. The standard InChI is InChI=1S/C16H24N2O4/c1-15(2,3)22-14(20)18-11-5-6-12(18)10-16(9-11,7-8-17)13(19)21-4/h11-12H,5-7,9-10H2,1-4H3/t11-,12+,16?. The topological polar surface area (TPSA) is 79.6 Å². The highest BCUT2D eigenvalue weighted by Gasteiger charge is 2.54. The molecular weight excluding hydrogens is 284 g/mol. The van der Waals surface area contributed by atoms with Crippen LogP contribution in [0.15, 0.2) is 0 Å². The minimum atomic E-state index is -0.784. The quantitative estimate of drug-likeness (QED) is 0.733. The van der Waals surface area contributed by atoms with Crippen LogP contribution in [0.25, 0.3) is 0 Å². The summed E-state index contributed by atoms with van der Waals surface area (Å²) in [6.07, 6.45) is 2.44. The molecular formula is C16H24N2O4. The monoisotopic (exact) mass is 308 g/mol. The normalized spacial score (nSPS) is 30.6. The summed E-state index contributed by atoms with van der Waals surface area (Å²) < 4.78 is 10.4. The minimum absolute atomic E-state index is 0.0546. The number of nitriles is 1. The van der Waals surface area contributed by atoms with Crippen molar-refractivity contribution in [3.05, 3.63) is 0 Å². The average Bonchev–Trinajstić information content (AvgIpc) is 2.69. The van der Waals surface area contributed by atoms with Crippen LogP contribution in [-0.2, 0) is 14.3 Å². The predicted molar refractivity (Wildman–Crippen MR) is 78.8 cm³/mol. The van der Waals surface area contributed by atoms with Crippen LogP contribution < -0.4 is 0 Å². The number of esters is 1. The summed E-state index contributed by atoms with van der Waals surface area (Å²) >= 11 is 0. The maximum absolute atomic E-state index is 12.4. The molecule has 2 fully saturated rings. The van der Waals surface area contributed by atoms with Gasteiger partial charge in [-0.3, -0.25) is 4.79 Å². The SMILES string of the molecule is COC(=O)C1(CC#N)C[C@H]2CC[C@@H](C1)N2C(=O)OC(C)(C)C. The smallest absolute Gasteiger partial charge is 0.410 e. The molecule has 0 N–H and O–H groups in total. The van der Waals surface area contributed by atoms with Crippen molar-refractivity contribution in [1.82, 2.24) is 4.90 Å². The Labute approximate surface area is 131 Å². The highest BCUT2D eigenvalue weighted by Crippen LogP contribution is 2.48. The first-order valence-corrected chi connectivity index (χ1v) is 7.69. The van der Waals surface area contributed by atoms with Gasteiger partial charge in [0, 0.05) is 12.1 Å². The van der Waals surface area contributed by atoms with E-state index in [4.69, 9.17) is 14.7 Å². The predicted octanol–water partition coefficient (Wildman–Crippen LogP) is 2.62. The maximum Gasteiger partial charge on any atom is 0.410 e. The second-order valence-electron chi connectivity index (χ2n) is 7.29. The van der Waals surface area contributed by atoms with Gasteiger partial charge >= 0.3 is 12.1 Å². The van der Waals surface area contributed by atoms with E-state index < -0.39 is 11.0 Å². The van der Waals surface area contributed by atoms with Gasteiger partial charge in [0.2, 0.25) is 0 Å². The van der Waals surface area contributed by atoms with Crippen LogP contribution in [0.5, 0.6) is 0 Å². The van der Waals surface area contributed by atoms with E-state index in [-0.39, 0.29) is 30.6 Å². The molecule has 0 aromatic rings. The van der Waals surface area contributed by atoms with Crippen LogP contribution in [0.1, 0.15) is 52.9 Å². The third-order valence-corrected chi connectivity index (χ3v) is 4.51. The third-order valence-electron chi connectivity index (χ3n) is 4.51. The Hall–Kier alpha value is -1.77. The van der Waals surface area contributed by atoms with Crippen LogP contribution in [0.3, 0.4) is 0 Å². The van der Waals surface area contributed by atoms with Gasteiger partial charge in [0.15, 0.2) is 0 Å². The van der Waals surface area contributed by atoms with Gasteiger partial charge in [-0.1, -0.05) is 0 Å². The zero-order valence-corrected chi connectivity index (χ0v) is 13.7. The molecule has 22 heavy (non-hydrogen) atoms. The molecule has 2 aliphatic rings. The van der Waals surface area contributed by atoms with Crippen LogP contribution >= 0.6 is 0 Å². The molecule has 0 radical (unpaired) electrons. The molecule has 2 saturated heterocycles. The Morgan fingerprint density at radius 3 is 2.23 bits per heavy atom. The molecule has 6 nitrogen and oxygen atoms in total. The van der Waals surface area contributed by atoms with Gasteiger partial charge in [0.25, 0.3) is 0 Å². The van der Waals surface area contributed by atoms with Crippen LogP contribution in [0, 0.1) is 16.7 Å². The van der Waals surface area contributed by atoms with Gasteiger partial charge < -0.3 is 14.4 Å². The van der Waals surface area contributed by atoms with Gasteiger partial charge in [-0.15, -0.1) is 0 Å². The van der Waals surface area contributed by atoms with Gasteiger partial charge in [-0.05, 0) is 46.5 Å². The number of methoxy groups -OCH3 is 1. The molecule has 2 rings (SSSR count). The van der Waals surface area contributed by atoms with Crippen molar-refractivity contribution >= 4 is 12.1 Å². The fourth-order valence-corrected chi connectivity index (χ4v) is 3.71. The van der Waals surface area contributed by atoms with E-state index >= 15 is 0 Å². The minimum Gasteiger partial charge on any atom is -0.469 e. The highest BCUT2D eigenvalue weighted by atomic mass is 16.6. The summed E-state index contributed by atoms with van der Waals surface area (Å²) in [6, 6.07) is 2.00. The van der Waals surface area contributed by atoms with Gasteiger partial charge in [-0.25, -0.2) is 4.79 Å². The summed E-state index contributed by atoms with van der Waals surface area (Å²) in [4.78, 5) is 26.4. The number of amides is 1. The molecule has 122 valence electrons. The van der Waals surface area contributed by atoms with Crippen molar-refractivity contribution in [1.29, 1.82) is 5.26 Å². The zero-order chi connectivity index (χ0) is 16.5.